The summed E-state index contributed by atoms with van der Waals surface area (Å²) < 4.78 is 13.9. The molecule has 1 N–H and O–H groups in total. The first-order valence-corrected chi connectivity index (χ1v) is 10.2. The van der Waals surface area contributed by atoms with Gasteiger partial charge in [-0.3, -0.25) is 14.6 Å². The summed E-state index contributed by atoms with van der Waals surface area (Å²) >= 11 is 0. The summed E-state index contributed by atoms with van der Waals surface area (Å²) in [5.41, 5.74) is -0.510. The highest BCUT2D eigenvalue weighted by atomic mass is 19.1. The number of benzene rings is 1. The standard InChI is InChI=1S/C26H27FN2O3/c1-25(2,3)24(32)17(16-28)14-18-8-6-9-19(29-18)15-26(4,5)23(31)13-12-20-21(27)10-7-11-22(20)30/h6-14,30H,15H2,1-5H3/b13-12+,17-14+. The molecule has 1 aromatic carbocycles. The highest BCUT2D eigenvalue weighted by Crippen LogP contribution is 2.26. The van der Waals surface area contributed by atoms with Crippen LogP contribution in [-0.4, -0.2) is 21.7 Å². The Morgan fingerprint density at radius 3 is 2.38 bits per heavy atom. The third-order valence-electron chi connectivity index (χ3n) is 4.89. The molecule has 0 atom stereocenters. The van der Waals surface area contributed by atoms with Gasteiger partial charge in [0.1, 0.15) is 17.6 Å². The number of aromatic nitrogens is 1. The zero-order valence-corrected chi connectivity index (χ0v) is 18.9. The van der Waals surface area contributed by atoms with Gasteiger partial charge < -0.3 is 5.11 Å². The Morgan fingerprint density at radius 2 is 1.78 bits per heavy atom. The van der Waals surface area contributed by atoms with E-state index in [-0.39, 0.29) is 34.9 Å². The molecule has 0 aliphatic carbocycles. The second-order valence-electron chi connectivity index (χ2n) is 9.23. The van der Waals surface area contributed by atoms with Gasteiger partial charge in [-0.1, -0.05) is 46.8 Å². The van der Waals surface area contributed by atoms with Crippen molar-refractivity contribution in [1.82, 2.24) is 4.98 Å². The molecular formula is C26H27FN2O3. The number of halogens is 1. The maximum absolute atomic E-state index is 13.9. The van der Waals surface area contributed by atoms with Crippen LogP contribution in [-0.2, 0) is 16.0 Å². The molecule has 0 aliphatic heterocycles. The minimum atomic E-state index is -0.855. The van der Waals surface area contributed by atoms with E-state index < -0.39 is 16.6 Å². The van der Waals surface area contributed by atoms with Gasteiger partial charge in [0.05, 0.1) is 16.8 Å². The van der Waals surface area contributed by atoms with Crippen LogP contribution in [0.3, 0.4) is 0 Å². The van der Waals surface area contributed by atoms with Crippen molar-refractivity contribution < 1.29 is 19.1 Å². The molecule has 32 heavy (non-hydrogen) atoms. The topological polar surface area (TPSA) is 91.0 Å². The predicted molar refractivity (Wildman–Crippen MR) is 122 cm³/mol. The molecule has 5 nitrogen and oxygen atoms in total. The van der Waals surface area contributed by atoms with E-state index in [1.807, 2.05) is 6.07 Å². The molecular weight excluding hydrogens is 407 g/mol. The fraction of sp³-hybridized carbons (Fsp3) is 0.308. The highest BCUT2D eigenvalue weighted by molar-refractivity contribution is 6.06. The van der Waals surface area contributed by atoms with Gasteiger partial charge in [0.15, 0.2) is 11.6 Å². The van der Waals surface area contributed by atoms with Gasteiger partial charge in [-0.15, -0.1) is 0 Å². The average Bonchev–Trinajstić information content (AvgIpc) is 2.70. The van der Waals surface area contributed by atoms with Crippen molar-refractivity contribution in [2.24, 2.45) is 10.8 Å². The molecule has 0 amide bonds. The molecule has 2 rings (SSSR count). The van der Waals surface area contributed by atoms with Gasteiger partial charge in [-0.05, 0) is 42.5 Å². The number of carbonyl (C=O) groups is 2. The Labute approximate surface area is 187 Å². The second-order valence-corrected chi connectivity index (χ2v) is 9.23. The smallest absolute Gasteiger partial charge is 0.178 e. The van der Waals surface area contributed by atoms with Crippen LogP contribution in [0.2, 0.25) is 0 Å². The lowest BCUT2D eigenvalue weighted by Gasteiger charge is -2.21. The van der Waals surface area contributed by atoms with Crippen molar-refractivity contribution in [3.63, 3.8) is 0 Å². The lowest BCUT2D eigenvalue weighted by Crippen LogP contribution is -2.25. The summed E-state index contributed by atoms with van der Waals surface area (Å²) in [7, 11) is 0. The van der Waals surface area contributed by atoms with Crippen LogP contribution in [0.25, 0.3) is 12.2 Å². The molecule has 0 fully saturated rings. The summed E-state index contributed by atoms with van der Waals surface area (Å²) in [6.07, 6.45) is 4.25. The van der Waals surface area contributed by atoms with Crippen LogP contribution in [0, 0.1) is 28.0 Å². The molecule has 0 saturated heterocycles. The van der Waals surface area contributed by atoms with Crippen molar-refractivity contribution in [3.05, 3.63) is 70.8 Å². The number of nitrogens with zero attached hydrogens (tertiary/aromatic N) is 2. The van der Waals surface area contributed by atoms with E-state index in [9.17, 15) is 24.3 Å². The molecule has 0 unspecified atom stereocenters. The third-order valence-corrected chi connectivity index (χ3v) is 4.89. The van der Waals surface area contributed by atoms with E-state index >= 15 is 0 Å². The number of pyridine rings is 1. The van der Waals surface area contributed by atoms with Crippen molar-refractivity contribution in [1.29, 1.82) is 5.26 Å². The van der Waals surface area contributed by atoms with E-state index in [0.717, 1.165) is 0 Å². The van der Waals surface area contributed by atoms with E-state index in [2.05, 4.69) is 4.98 Å². The minimum Gasteiger partial charge on any atom is -0.507 e. The number of Topliss-reactive ketones (excluding diaryl/α,β-unsaturated/α-hetero) is 1. The summed E-state index contributed by atoms with van der Waals surface area (Å²) in [5, 5.41) is 19.2. The van der Waals surface area contributed by atoms with E-state index in [1.54, 1.807) is 52.8 Å². The second kappa shape index (κ2) is 9.69. The molecule has 166 valence electrons. The third kappa shape index (κ3) is 6.21. The number of nitriles is 1. The fourth-order valence-electron chi connectivity index (χ4n) is 2.99. The van der Waals surface area contributed by atoms with Gasteiger partial charge in [-0.2, -0.15) is 5.26 Å². The highest BCUT2D eigenvalue weighted by Gasteiger charge is 2.27. The molecule has 2 aromatic rings. The number of hydrogen-bond donors (Lipinski definition) is 1. The number of phenols is 1. The molecule has 0 radical (unpaired) electrons. The van der Waals surface area contributed by atoms with Crippen molar-refractivity contribution in [3.8, 4) is 11.8 Å². The number of allylic oxidation sites excluding steroid dienone is 2. The predicted octanol–water partition coefficient (Wildman–Crippen LogP) is 5.30. The average molecular weight is 435 g/mol. The summed E-state index contributed by atoms with van der Waals surface area (Å²) in [4.78, 5) is 29.7. The molecule has 1 heterocycles. The van der Waals surface area contributed by atoms with Crippen molar-refractivity contribution in [2.45, 2.75) is 41.0 Å². The molecule has 0 aliphatic rings. The maximum atomic E-state index is 13.9. The Hall–Kier alpha value is -3.59. The van der Waals surface area contributed by atoms with Crippen molar-refractivity contribution in [2.75, 3.05) is 0 Å². The lowest BCUT2D eigenvalue weighted by molar-refractivity contribution is -0.122. The number of ketones is 2. The van der Waals surface area contributed by atoms with Crippen LogP contribution >= 0.6 is 0 Å². The van der Waals surface area contributed by atoms with Crippen molar-refractivity contribution >= 4 is 23.7 Å². The number of carbonyl (C=O) groups excluding carboxylic acids is 2. The molecule has 0 bridgehead atoms. The summed E-state index contributed by atoms with van der Waals surface area (Å²) in [6, 6.07) is 11.1. The molecule has 0 saturated carbocycles. The first-order chi connectivity index (χ1) is 14.8. The quantitative estimate of drug-likeness (QED) is 0.472. The molecule has 1 aromatic heterocycles. The van der Waals surface area contributed by atoms with Crippen LogP contribution < -0.4 is 0 Å². The monoisotopic (exact) mass is 434 g/mol. The first kappa shape index (κ1) is 24.7. The van der Waals surface area contributed by atoms with Gasteiger partial charge in [0.2, 0.25) is 0 Å². The van der Waals surface area contributed by atoms with Gasteiger partial charge >= 0.3 is 0 Å². The normalized spacial score (nSPS) is 12.6. The summed E-state index contributed by atoms with van der Waals surface area (Å²) in [5.74, 6) is -1.40. The molecule has 0 spiro atoms. The minimum absolute atomic E-state index is 0.0186. The number of aromatic hydroxyl groups is 1. The Balaban J connectivity index is 2.24. The van der Waals surface area contributed by atoms with Crippen LogP contribution in [0.15, 0.2) is 48.0 Å². The number of rotatable bonds is 7. The van der Waals surface area contributed by atoms with E-state index in [4.69, 9.17) is 0 Å². The maximum Gasteiger partial charge on any atom is 0.178 e. The van der Waals surface area contributed by atoms with Gasteiger partial charge in [0.25, 0.3) is 0 Å². The first-order valence-electron chi connectivity index (χ1n) is 10.2. The summed E-state index contributed by atoms with van der Waals surface area (Å²) in [6.45, 7) is 8.72. The van der Waals surface area contributed by atoms with Crippen LogP contribution in [0.1, 0.15) is 51.6 Å². The SMILES string of the molecule is CC(C)(C)C(=O)/C(C#N)=C/c1cccc(CC(C)(C)C(=O)/C=C/c2c(O)cccc2F)n1. The number of hydrogen-bond acceptors (Lipinski definition) is 5. The largest absolute Gasteiger partial charge is 0.507 e. The van der Waals surface area contributed by atoms with Gasteiger partial charge in [-0.25, -0.2) is 4.39 Å². The number of phenolic OH excluding ortho intramolecular Hbond substituents is 1. The fourth-order valence-corrected chi connectivity index (χ4v) is 2.99. The Morgan fingerprint density at radius 1 is 1.12 bits per heavy atom. The van der Waals surface area contributed by atoms with Gasteiger partial charge in [0, 0.05) is 22.9 Å². The van der Waals surface area contributed by atoms with Crippen LogP contribution in [0.5, 0.6) is 5.75 Å². The Kier molecular flexibility index (Phi) is 7.48. The van der Waals surface area contributed by atoms with Crippen LogP contribution in [0.4, 0.5) is 4.39 Å². The Bertz CT molecular complexity index is 1110. The van der Waals surface area contributed by atoms with E-state index in [0.29, 0.717) is 11.4 Å². The van der Waals surface area contributed by atoms with E-state index in [1.165, 1.54) is 36.4 Å². The lowest BCUT2D eigenvalue weighted by atomic mass is 9.82. The zero-order chi connectivity index (χ0) is 24.1. The molecule has 6 heteroatoms. The zero-order valence-electron chi connectivity index (χ0n) is 18.9.